The highest BCUT2D eigenvalue weighted by atomic mass is 79.9. The summed E-state index contributed by atoms with van der Waals surface area (Å²) in [5, 5.41) is 0. The zero-order chi connectivity index (χ0) is 12.3. The molecule has 1 aromatic rings. The summed E-state index contributed by atoms with van der Waals surface area (Å²) in [6.45, 7) is 1.68. The van der Waals surface area contributed by atoms with Gasteiger partial charge in [0.2, 0.25) is 10.0 Å². The summed E-state index contributed by atoms with van der Waals surface area (Å²) in [6.07, 6.45) is 0.399. The lowest BCUT2D eigenvalue weighted by molar-refractivity contribution is 0.591. The normalized spacial score (nSPS) is 11.5. The molecule has 0 aliphatic carbocycles. The van der Waals surface area contributed by atoms with Crippen LogP contribution in [-0.4, -0.2) is 14.2 Å². The maximum atomic E-state index is 13.3. The number of nitrogens with one attached hydrogen (secondary N) is 1. The van der Waals surface area contributed by atoms with Crippen LogP contribution >= 0.6 is 15.9 Å². The highest BCUT2D eigenvalue weighted by Gasteiger charge is 2.14. The minimum Gasteiger partial charge on any atom is -0.280 e. The minimum atomic E-state index is -3.61. The molecule has 0 amide bonds. The van der Waals surface area contributed by atoms with E-state index in [-0.39, 0.29) is 15.9 Å². The van der Waals surface area contributed by atoms with Crippen molar-refractivity contribution in [3.63, 3.8) is 0 Å². The van der Waals surface area contributed by atoms with E-state index in [9.17, 15) is 17.2 Å². The minimum absolute atomic E-state index is 0.0524. The van der Waals surface area contributed by atoms with E-state index in [1.807, 2.05) is 4.72 Å². The third-order valence-electron chi connectivity index (χ3n) is 1.75. The van der Waals surface area contributed by atoms with Gasteiger partial charge < -0.3 is 0 Å². The lowest BCUT2D eigenvalue weighted by Gasteiger charge is -2.08. The summed E-state index contributed by atoms with van der Waals surface area (Å²) in [7, 11) is -3.61. The van der Waals surface area contributed by atoms with Gasteiger partial charge in [0.15, 0.2) is 0 Å². The smallest absolute Gasteiger partial charge is 0.232 e. The van der Waals surface area contributed by atoms with Gasteiger partial charge in [0.25, 0.3) is 0 Å². The zero-order valence-electron chi connectivity index (χ0n) is 8.43. The van der Waals surface area contributed by atoms with Crippen molar-refractivity contribution in [1.29, 1.82) is 0 Å². The average molecular weight is 314 g/mol. The molecule has 0 bridgehead atoms. The first-order chi connectivity index (χ1) is 7.35. The molecule has 3 nitrogen and oxygen atoms in total. The standard InChI is InChI=1S/C9H10BrF2NO2S/c1-2-3-16(14,15)13-9-5-7(11)6(10)4-8(9)12/h4-5,13H,2-3H2,1H3. The molecule has 0 aliphatic rings. The summed E-state index contributed by atoms with van der Waals surface area (Å²) in [5.41, 5.74) is -0.380. The van der Waals surface area contributed by atoms with Gasteiger partial charge in [-0.2, -0.15) is 0 Å². The van der Waals surface area contributed by atoms with Crippen molar-refractivity contribution in [3.8, 4) is 0 Å². The fraction of sp³-hybridized carbons (Fsp3) is 0.333. The van der Waals surface area contributed by atoms with Crippen LogP contribution in [0, 0.1) is 11.6 Å². The van der Waals surface area contributed by atoms with E-state index in [1.165, 1.54) is 0 Å². The van der Waals surface area contributed by atoms with Crippen molar-refractivity contribution in [2.24, 2.45) is 0 Å². The maximum absolute atomic E-state index is 13.3. The highest BCUT2D eigenvalue weighted by Crippen LogP contribution is 2.24. The molecule has 0 heterocycles. The van der Waals surface area contributed by atoms with Crippen molar-refractivity contribution in [1.82, 2.24) is 0 Å². The van der Waals surface area contributed by atoms with Crippen molar-refractivity contribution >= 4 is 31.6 Å². The van der Waals surface area contributed by atoms with Crippen LogP contribution in [0.2, 0.25) is 0 Å². The second kappa shape index (κ2) is 5.09. The van der Waals surface area contributed by atoms with Gasteiger partial charge in [-0.05, 0) is 28.4 Å². The first kappa shape index (κ1) is 13.4. The predicted octanol–water partition coefficient (Wildman–Crippen LogP) is 2.88. The maximum Gasteiger partial charge on any atom is 0.232 e. The third kappa shape index (κ3) is 3.41. The highest BCUT2D eigenvalue weighted by molar-refractivity contribution is 9.10. The SMILES string of the molecule is CCCS(=O)(=O)Nc1cc(F)c(Br)cc1F. The first-order valence-electron chi connectivity index (χ1n) is 4.50. The molecule has 0 saturated carbocycles. The van der Waals surface area contributed by atoms with E-state index in [0.717, 1.165) is 12.1 Å². The first-order valence-corrected chi connectivity index (χ1v) is 6.95. The van der Waals surface area contributed by atoms with Gasteiger partial charge in [0, 0.05) is 6.07 Å². The molecule has 0 spiro atoms. The molecule has 0 aromatic heterocycles. The summed E-state index contributed by atoms with van der Waals surface area (Å²) in [4.78, 5) is 0. The second-order valence-corrected chi connectivity index (χ2v) is 5.86. The van der Waals surface area contributed by atoms with Gasteiger partial charge in [-0.25, -0.2) is 17.2 Å². The topological polar surface area (TPSA) is 46.2 Å². The van der Waals surface area contributed by atoms with Crippen LogP contribution in [0.5, 0.6) is 0 Å². The molecule has 0 atom stereocenters. The van der Waals surface area contributed by atoms with Gasteiger partial charge in [0.1, 0.15) is 11.6 Å². The number of hydrogen-bond donors (Lipinski definition) is 1. The van der Waals surface area contributed by atoms with Gasteiger partial charge in [-0.1, -0.05) is 6.92 Å². The van der Waals surface area contributed by atoms with Crippen LogP contribution in [0.1, 0.15) is 13.3 Å². The Bertz CT molecular complexity index is 491. The van der Waals surface area contributed by atoms with Crippen LogP contribution in [0.15, 0.2) is 16.6 Å². The van der Waals surface area contributed by atoms with Crippen LogP contribution in [0.4, 0.5) is 14.5 Å². The molecular formula is C9H10BrF2NO2S. The molecular weight excluding hydrogens is 304 g/mol. The van der Waals surface area contributed by atoms with E-state index < -0.39 is 21.7 Å². The van der Waals surface area contributed by atoms with Gasteiger partial charge in [-0.3, -0.25) is 4.72 Å². The Morgan fingerprint density at radius 3 is 2.50 bits per heavy atom. The van der Waals surface area contributed by atoms with Crippen molar-refractivity contribution < 1.29 is 17.2 Å². The van der Waals surface area contributed by atoms with Gasteiger partial charge in [-0.15, -0.1) is 0 Å². The summed E-state index contributed by atoms with van der Waals surface area (Å²) in [6, 6.07) is 1.67. The molecule has 1 rings (SSSR count). The fourth-order valence-corrected chi connectivity index (χ4v) is 2.53. The Hall–Kier alpha value is -0.690. The number of benzene rings is 1. The lowest BCUT2D eigenvalue weighted by atomic mass is 10.3. The Balaban J connectivity index is 3.03. The number of rotatable bonds is 4. The average Bonchev–Trinajstić information content (AvgIpc) is 2.13. The summed E-state index contributed by atoms with van der Waals surface area (Å²) < 4.78 is 51.0. The van der Waals surface area contributed by atoms with Gasteiger partial charge in [0.05, 0.1) is 15.9 Å². The fourth-order valence-electron chi connectivity index (χ4n) is 1.09. The quantitative estimate of drug-likeness (QED) is 0.869. The monoisotopic (exact) mass is 313 g/mol. The van der Waals surface area contributed by atoms with Crippen LogP contribution in [0.25, 0.3) is 0 Å². The summed E-state index contributed by atoms with van der Waals surface area (Å²) >= 11 is 2.80. The second-order valence-electron chi connectivity index (χ2n) is 3.17. The molecule has 0 aliphatic heterocycles. The largest absolute Gasteiger partial charge is 0.280 e. The molecule has 90 valence electrons. The van der Waals surface area contributed by atoms with E-state index in [0.29, 0.717) is 6.42 Å². The van der Waals surface area contributed by atoms with Crippen LogP contribution in [0.3, 0.4) is 0 Å². The predicted molar refractivity (Wildman–Crippen MR) is 61.8 cm³/mol. The third-order valence-corrected chi connectivity index (χ3v) is 3.83. The molecule has 1 aromatic carbocycles. The van der Waals surface area contributed by atoms with E-state index in [1.54, 1.807) is 6.92 Å². The van der Waals surface area contributed by atoms with Gasteiger partial charge >= 0.3 is 0 Å². The number of halogens is 3. The van der Waals surface area contributed by atoms with Crippen LogP contribution in [-0.2, 0) is 10.0 Å². The Kier molecular flexibility index (Phi) is 4.26. The van der Waals surface area contributed by atoms with Crippen LogP contribution < -0.4 is 4.72 Å². The molecule has 16 heavy (non-hydrogen) atoms. The Morgan fingerprint density at radius 2 is 1.94 bits per heavy atom. The molecule has 0 unspecified atom stereocenters. The molecule has 1 N–H and O–H groups in total. The molecule has 7 heteroatoms. The molecule has 0 fully saturated rings. The number of sulfonamides is 1. The lowest BCUT2D eigenvalue weighted by Crippen LogP contribution is -2.17. The Morgan fingerprint density at radius 1 is 1.31 bits per heavy atom. The van der Waals surface area contributed by atoms with E-state index in [4.69, 9.17) is 0 Å². The summed E-state index contributed by atoms with van der Waals surface area (Å²) in [5.74, 6) is -1.69. The number of anilines is 1. The van der Waals surface area contributed by atoms with Crippen molar-refractivity contribution in [2.75, 3.05) is 10.5 Å². The Labute approximate surface area is 101 Å². The van der Waals surface area contributed by atoms with Crippen molar-refractivity contribution in [3.05, 3.63) is 28.2 Å². The molecule has 0 saturated heterocycles. The zero-order valence-corrected chi connectivity index (χ0v) is 10.8. The number of hydrogen-bond acceptors (Lipinski definition) is 2. The van der Waals surface area contributed by atoms with E-state index >= 15 is 0 Å². The van der Waals surface area contributed by atoms with Crippen molar-refractivity contribution in [2.45, 2.75) is 13.3 Å². The van der Waals surface area contributed by atoms with E-state index in [2.05, 4.69) is 15.9 Å². The molecule has 0 radical (unpaired) electrons.